The zero-order valence-corrected chi connectivity index (χ0v) is 15.4. The van der Waals surface area contributed by atoms with Crippen molar-refractivity contribution in [1.82, 2.24) is 9.97 Å². The molecule has 1 unspecified atom stereocenters. The first-order valence-electron chi connectivity index (χ1n) is 9.15. The number of carboxylic acids is 1. The quantitative estimate of drug-likeness (QED) is 0.596. The van der Waals surface area contributed by atoms with E-state index >= 15 is 0 Å². The highest BCUT2D eigenvalue weighted by Crippen LogP contribution is 2.28. The Kier molecular flexibility index (Phi) is 4.76. The number of hydrogen-bond donors (Lipinski definition) is 3. The third-order valence-corrected chi connectivity index (χ3v) is 4.64. The van der Waals surface area contributed by atoms with Gasteiger partial charge in [-0.3, -0.25) is 0 Å². The fourth-order valence-corrected chi connectivity index (χ4v) is 3.12. The number of aromatic nitrogens is 2. The van der Waals surface area contributed by atoms with E-state index in [2.05, 4.69) is 51.8 Å². The lowest BCUT2D eigenvalue weighted by molar-refractivity contribution is 0.0697. The molecule has 2 aromatic carbocycles. The molecule has 3 aromatic rings. The van der Waals surface area contributed by atoms with E-state index in [0.29, 0.717) is 23.2 Å². The molecule has 4 rings (SSSR count). The van der Waals surface area contributed by atoms with Crippen LogP contribution >= 0.6 is 0 Å². The van der Waals surface area contributed by atoms with Gasteiger partial charge in [-0.2, -0.15) is 0 Å². The van der Waals surface area contributed by atoms with Gasteiger partial charge in [-0.05, 0) is 48.4 Å². The smallest absolute Gasteiger partial charge is 0.335 e. The normalized spacial score (nSPS) is 14.8. The summed E-state index contributed by atoms with van der Waals surface area (Å²) >= 11 is 0. The van der Waals surface area contributed by atoms with E-state index in [9.17, 15) is 9.90 Å². The van der Waals surface area contributed by atoms with Crippen molar-refractivity contribution in [2.45, 2.75) is 19.4 Å². The number of aromatic carboxylic acids is 1. The minimum atomic E-state index is -0.975. The molecule has 3 N–H and O–H groups in total. The van der Waals surface area contributed by atoms with Crippen LogP contribution in [-0.4, -0.2) is 27.1 Å². The van der Waals surface area contributed by atoms with Crippen molar-refractivity contribution in [3.63, 3.8) is 0 Å². The van der Waals surface area contributed by atoms with Crippen LogP contribution in [0.1, 0.15) is 29.3 Å². The summed E-state index contributed by atoms with van der Waals surface area (Å²) in [4.78, 5) is 20.0. The zero-order valence-electron chi connectivity index (χ0n) is 15.4. The van der Waals surface area contributed by atoms with Gasteiger partial charge in [-0.15, -0.1) is 0 Å². The molecular formula is C22H20N4O2. The fourth-order valence-electron chi connectivity index (χ4n) is 3.12. The van der Waals surface area contributed by atoms with E-state index in [1.807, 2.05) is 6.07 Å². The molecule has 2 heterocycles. The molecular weight excluding hydrogens is 352 g/mol. The summed E-state index contributed by atoms with van der Waals surface area (Å²) in [6, 6.07) is 14.9. The molecule has 0 bridgehead atoms. The number of benzene rings is 2. The molecule has 0 fully saturated rings. The average molecular weight is 372 g/mol. The number of hydrogen-bond acceptors (Lipinski definition) is 5. The van der Waals surface area contributed by atoms with Gasteiger partial charge in [-0.25, -0.2) is 14.8 Å². The lowest BCUT2D eigenvalue weighted by Gasteiger charge is -2.21. The Labute approximate surface area is 163 Å². The van der Waals surface area contributed by atoms with Gasteiger partial charge in [-0.1, -0.05) is 31.2 Å². The molecule has 0 spiro atoms. The molecule has 1 aromatic heterocycles. The summed E-state index contributed by atoms with van der Waals surface area (Å²) in [5.74, 6) is 0.139. The average Bonchev–Trinajstić information content (AvgIpc) is 2.73. The van der Waals surface area contributed by atoms with Gasteiger partial charge in [0.05, 0.1) is 5.56 Å². The van der Waals surface area contributed by atoms with Crippen LogP contribution in [-0.2, 0) is 0 Å². The summed E-state index contributed by atoms with van der Waals surface area (Å²) in [7, 11) is 0. The van der Waals surface area contributed by atoms with Crippen molar-refractivity contribution in [3.05, 3.63) is 71.9 Å². The highest BCUT2D eigenvalue weighted by Gasteiger charge is 2.12. The molecule has 1 aliphatic rings. The summed E-state index contributed by atoms with van der Waals surface area (Å²) in [6.07, 6.45) is 7.00. The van der Waals surface area contributed by atoms with E-state index in [0.717, 1.165) is 23.4 Å². The molecule has 1 atom stereocenters. The van der Waals surface area contributed by atoms with Crippen LogP contribution in [0.5, 0.6) is 0 Å². The van der Waals surface area contributed by atoms with E-state index in [1.165, 1.54) is 0 Å². The van der Waals surface area contributed by atoms with Gasteiger partial charge in [0.2, 0.25) is 0 Å². The van der Waals surface area contributed by atoms with Gasteiger partial charge in [0, 0.05) is 29.2 Å². The number of carboxylic acid groups (broad SMARTS) is 1. The second-order valence-electron chi connectivity index (χ2n) is 6.60. The Morgan fingerprint density at radius 2 is 2.11 bits per heavy atom. The summed E-state index contributed by atoms with van der Waals surface area (Å²) in [5.41, 5.74) is 4.03. The molecule has 140 valence electrons. The van der Waals surface area contributed by atoms with Crippen LogP contribution in [0.3, 0.4) is 0 Å². The number of nitrogens with one attached hydrogen (secondary N) is 2. The van der Waals surface area contributed by atoms with Crippen LogP contribution < -0.4 is 10.6 Å². The third kappa shape index (κ3) is 3.71. The molecule has 0 radical (unpaired) electrons. The van der Waals surface area contributed by atoms with Crippen molar-refractivity contribution in [2.24, 2.45) is 0 Å². The number of nitrogens with zero attached hydrogens (tertiary/aromatic N) is 2. The highest BCUT2D eigenvalue weighted by atomic mass is 16.4. The van der Waals surface area contributed by atoms with Crippen molar-refractivity contribution < 1.29 is 9.90 Å². The number of carbonyl (C=O) groups is 1. The Bertz CT molecular complexity index is 1060. The number of anilines is 3. The maximum atomic E-state index is 11.2. The summed E-state index contributed by atoms with van der Waals surface area (Å²) in [6.45, 7) is 2.15. The van der Waals surface area contributed by atoms with Gasteiger partial charge < -0.3 is 15.7 Å². The van der Waals surface area contributed by atoms with E-state index < -0.39 is 5.97 Å². The summed E-state index contributed by atoms with van der Waals surface area (Å²) < 4.78 is 0. The molecule has 1 aliphatic heterocycles. The van der Waals surface area contributed by atoms with Crippen LogP contribution in [0.15, 0.2) is 60.8 Å². The van der Waals surface area contributed by atoms with Crippen LogP contribution in [0, 0.1) is 0 Å². The molecule has 0 saturated heterocycles. The van der Waals surface area contributed by atoms with E-state index in [4.69, 9.17) is 0 Å². The predicted molar refractivity (Wildman–Crippen MR) is 111 cm³/mol. The first kappa shape index (κ1) is 17.7. The standard InChI is InChI=1S/C22H20N4O2/c1-2-17-7-6-14-13-18(8-9-19(14)24-17)25-20-10-11-23-21(26-20)15-4-3-5-16(12-15)22(27)28/h3-13,17,24H,2H2,1H3,(H,27,28)(H,23,25,26). The van der Waals surface area contributed by atoms with Gasteiger partial charge in [0.1, 0.15) is 5.82 Å². The van der Waals surface area contributed by atoms with Crippen LogP contribution in [0.2, 0.25) is 0 Å². The maximum absolute atomic E-state index is 11.2. The Balaban J connectivity index is 1.58. The third-order valence-electron chi connectivity index (χ3n) is 4.64. The molecule has 28 heavy (non-hydrogen) atoms. The van der Waals surface area contributed by atoms with Crippen molar-refractivity contribution in [2.75, 3.05) is 10.6 Å². The van der Waals surface area contributed by atoms with Crippen LogP contribution in [0.4, 0.5) is 17.2 Å². The Hall–Kier alpha value is -3.67. The van der Waals surface area contributed by atoms with Gasteiger partial charge >= 0.3 is 5.97 Å². The lowest BCUT2D eigenvalue weighted by Crippen LogP contribution is -2.18. The SMILES string of the molecule is CCC1C=Cc2cc(Nc3ccnc(-c4cccc(C(=O)O)c4)n3)ccc2N1. The molecule has 0 saturated carbocycles. The molecule has 6 nitrogen and oxygen atoms in total. The first-order valence-corrected chi connectivity index (χ1v) is 9.15. The van der Waals surface area contributed by atoms with Gasteiger partial charge in [0.15, 0.2) is 5.82 Å². The summed E-state index contributed by atoms with van der Waals surface area (Å²) in [5, 5.41) is 16.0. The first-order chi connectivity index (χ1) is 13.6. The monoisotopic (exact) mass is 372 g/mol. The molecule has 0 amide bonds. The van der Waals surface area contributed by atoms with E-state index in [-0.39, 0.29) is 5.56 Å². The number of rotatable bonds is 5. The largest absolute Gasteiger partial charge is 0.478 e. The minimum Gasteiger partial charge on any atom is -0.478 e. The minimum absolute atomic E-state index is 0.207. The maximum Gasteiger partial charge on any atom is 0.335 e. The lowest BCUT2D eigenvalue weighted by atomic mass is 10.0. The topological polar surface area (TPSA) is 87.1 Å². The second kappa shape index (κ2) is 7.52. The van der Waals surface area contributed by atoms with Crippen molar-refractivity contribution in [1.29, 1.82) is 0 Å². The molecule has 6 heteroatoms. The molecule has 0 aliphatic carbocycles. The number of fused-ring (bicyclic) bond motifs is 1. The highest BCUT2D eigenvalue weighted by molar-refractivity contribution is 5.89. The predicted octanol–water partition coefficient (Wildman–Crippen LogP) is 4.80. The zero-order chi connectivity index (χ0) is 19.5. The second-order valence-corrected chi connectivity index (χ2v) is 6.60. The Morgan fingerprint density at radius 1 is 1.21 bits per heavy atom. The van der Waals surface area contributed by atoms with E-state index in [1.54, 1.807) is 36.5 Å². The van der Waals surface area contributed by atoms with Crippen molar-refractivity contribution >= 4 is 29.2 Å². The van der Waals surface area contributed by atoms with Crippen LogP contribution in [0.25, 0.3) is 17.5 Å². The van der Waals surface area contributed by atoms with Gasteiger partial charge in [0.25, 0.3) is 0 Å². The Morgan fingerprint density at radius 3 is 2.93 bits per heavy atom. The van der Waals surface area contributed by atoms with Crippen molar-refractivity contribution in [3.8, 4) is 11.4 Å². The fraction of sp³-hybridized carbons (Fsp3) is 0.136.